The molecule has 2 fully saturated rings. The third-order valence-corrected chi connectivity index (χ3v) is 6.27. The number of hydrogen-bond donors (Lipinski definition) is 2. The fourth-order valence-electron chi connectivity index (χ4n) is 4.43. The van der Waals surface area contributed by atoms with Crippen LogP contribution in [0.2, 0.25) is 0 Å². The van der Waals surface area contributed by atoms with Crippen LogP contribution in [0.5, 0.6) is 0 Å². The molecule has 31 heavy (non-hydrogen) atoms. The molecule has 0 bridgehead atoms. The van der Waals surface area contributed by atoms with Crippen LogP contribution in [0, 0.1) is 11.8 Å². The van der Waals surface area contributed by atoms with E-state index in [-0.39, 0.29) is 24.1 Å². The third kappa shape index (κ3) is 4.84. The van der Waals surface area contributed by atoms with E-state index in [0.717, 1.165) is 32.1 Å². The van der Waals surface area contributed by atoms with Crippen LogP contribution in [-0.4, -0.2) is 62.0 Å². The number of alkyl halides is 2. The average molecular weight is 435 g/mol. The van der Waals surface area contributed by atoms with Gasteiger partial charge in [0.1, 0.15) is 12.7 Å². The highest BCUT2D eigenvalue weighted by atomic mass is 19.3. The van der Waals surface area contributed by atoms with Crippen molar-refractivity contribution in [3.8, 4) is 0 Å². The number of nitrogens with one attached hydrogen (secondary N) is 1. The smallest absolute Gasteiger partial charge is 0.410 e. The highest BCUT2D eigenvalue weighted by molar-refractivity contribution is 5.70. The van der Waals surface area contributed by atoms with Crippen LogP contribution in [0.1, 0.15) is 43.5 Å². The molecule has 1 aromatic heterocycles. The predicted molar refractivity (Wildman–Crippen MR) is 106 cm³/mol. The number of unbranched alkanes of at least 4 members (excludes halogenated alkanes) is 3. The molecule has 0 spiro atoms. The van der Waals surface area contributed by atoms with Crippen LogP contribution in [0.3, 0.4) is 0 Å². The van der Waals surface area contributed by atoms with Crippen molar-refractivity contribution in [3.05, 3.63) is 41.7 Å². The zero-order valence-electron chi connectivity index (χ0n) is 17.2. The molecule has 1 saturated heterocycles. The zero-order valence-corrected chi connectivity index (χ0v) is 17.2. The lowest BCUT2D eigenvalue weighted by molar-refractivity contribution is -0.126. The Morgan fingerprint density at radius 2 is 2.00 bits per heavy atom. The van der Waals surface area contributed by atoms with Gasteiger partial charge in [-0.25, -0.2) is 4.79 Å². The van der Waals surface area contributed by atoms with Crippen molar-refractivity contribution in [2.75, 3.05) is 13.2 Å². The maximum absolute atomic E-state index is 14.7. The Labute approximate surface area is 179 Å². The first-order chi connectivity index (χ1) is 15.0. The van der Waals surface area contributed by atoms with Gasteiger partial charge in [0, 0.05) is 18.5 Å². The van der Waals surface area contributed by atoms with Crippen molar-refractivity contribution in [1.82, 2.24) is 25.5 Å². The van der Waals surface area contributed by atoms with Crippen molar-refractivity contribution in [2.24, 2.45) is 11.8 Å². The summed E-state index contributed by atoms with van der Waals surface area (Å²) < 4.78 is 34.6. The molecule has 10 heteroatoms. The summed E-state index contributed by atoms with van der Waals surface area (Å²) in [5.74, 6) is -3.36. The molecule has 1 amide bonds. The summed E-state index contributed by atoms with van der Waals surface area (Å²) in [5, 5.41) is 24.2. The molecule has 2 heterocycles. The van der Waals surface area contributed by atoms with E-state index >= 15 is 0 Å². The summed E-state index contributed by atoms with van der Waals surface area (Å²) >= 11 is 0. The lowest BCUT2D eigenvalue weighted by Gasteiger charge is -2.25. The number of aromatic amines is 1. The number of H-pyrrole nitrogens is 1. The van der Waals surface area contributed by atoms with Crippen molar-refractivity contribution in [1.29, 1.82) is 0 Å². The van der Waals surface area contributed by atoms with Gasteiger partial charge in [-0.1, -0.05) is 48.4 Å². The minimum atomic E-state index is -3.33. The van der Waals surface area contributed by atoms with E-state index in [4.69, 9.17) is 4.74 Å². The van der Waals surface area contributed by atoms with Gasteiger partial charge >= 0.3 is 6.09 Å². The minimum Gasteiger partial charge on any atom is -0.447 e. The van der Waals surface area contributed by atoms with Crippen LogP contribution in [0.4, 0.5) is 13.6 Å². The number of hydrogen-bond acceptors (Lipinski definition) is 6. The molecule has 168 valence electrons. The van der Waals surface area contributed by atoms with Gasteiger partial charge in [-0.2, -0.15) is 14.0 Å². The minimum absolute atomic E-state index is 0.172. The molecule has 2 N–H and O–H groups in total. The third-order valence-electron chi connectivity index (χ3n) is 6.27. The number of rotatable bonds is 11. The van der Waals surface area contributed by atoms with Gasteiger partial charge in [-0.3, -0.25) is 0 Å². The number of nitrogens with zero attached hydrogens (tertiary/aromatic N) is 4. The van der Waals surface area contributed by atoms with Gasteiger partial charge < -0.3 is 14.7 Å². The van der Waals surface area contributed by atoms with Gasteiger partial charge in [-0.05, 0) is 31.1 Å². The maximum Gasteiger partial charge on any atom is 0.410 e. The summed E-state index contributed by atoms with van der Waals surface area (Å²) in [6.07, 6.45) is 2.67. The summed E-state index contributed by atoms with van der Waals surface area (Å²) in [6.45, 7) is 0.724. The molecule has 1 aliphatic carbocycles. The van der Waals surface area contributed by atoms with E-state index in [9.17, 15) is 18.7 Å². The molecule has 4 rings (SSSR count). The van der Waals surface area contributed by atoms with Crippen LogP contribution in [0.25, 0.3) is 0 Å². The number of benzene rings is 1. The van der Waals surface area contributed by atoms with E-state index in [0.29, 0.717) is 18.8 Å². The van der Waals surface area contributed by atoms with Gasteiger partial charge in [0.15, 0.2) is 5.82 Å². The number of cyclic esters (lactones) is 1. The first-order valence-corrected chi connectivity index (χ1v) is 10.8. The monoisotopic (exact) mass is 435 g/mol. The lowest BCUT2D eigenvalue weighted by Crippen LogP contribution is -2.39. The number of carbonyl (C=O) groups is 1. The molecular weight excluding hydrogens is 408 g/mol. The lowest BCUT2D eigenvalue weighted by atomic mass is 9.97. The van der Waals surface area contributed by atoms with Crippen molar-refractivity contribution >= 4 is 6.09 Å². The molecule has 1 aromatic carbocycles. The van der Waals surface area contributed by atoms with E-state index in [1.165, 1.54) is 24.3 Å². The van der Waals surface area contributed by atoms with Crippen LogP contribution in [0.15, 0.2) is 30.3 Å². The molecule has 1 aliphatic heterocycles. The summed E-state index contributed by atoms with van der Waals surface area (Å²) in [6, 6.07) is 7.14. The van der Waals surface area contributed by atoms with Crippen LogP contribution < -0.4 is 0 Å². The van der Waals surface area contributed by atoms with Gasteiger partial charge in [0.25, 0.3) is 5.92 Å². The number of aliphatic hydroxyl groups is 1. The molecule has 4 atom stereocenters. The Balaban J connectivity index is 1.25. The number of amides is 1. The Hall–Kier alpha value is -2.62. The summed E-state index contributed by atoms with van der Waals surface area (Å²) in [4.78, 5) is 13.8. The number of ether oxygens (including phenoxy) is 1. The van der Waals surface area contributed by atoms with Crippen molar-refractivity contribution < 1.29 is 23.4 Å². The maximum atomic E-state index is 14.7. The highest BCUT2D eigenvalue weighted by Crippen LogP contribution is 2.52. The largest absolute Gasteiger partial charge is 0.447 e. The van der Waals surface area contributed by atoms with Gasteiger partial charge in [-0.15, -0.1) is 10.2 Å². The Morgan fingerprint density at radius 1 is 1.23 bits per heavy atom. The number of aryl methyl sites for hydroxylation is 1. The molecule has 2 aromatic rings. The summed E-state index contributed by atoms with van der Waals surface area (Å²) in [7, 11) is 0. The molecule has 8 nitrogen and oxygen atoms in total. The number of tetrazole rings is 1. The molecule has 0 radical (unpaired) electrons. The topological polar surface area (TPSA) is 104 Å². The molecular formula is C21H27F2N5O3. The first kappa shape index (κ1) is 21.6. The summed E-state index contributed by atoms with van der Waals surface area (Å²) in [5.41, 5.74) is -0.190. The number of aliphatic hydroxyl groups excluding tert-OH is 1. The zero-order chi connectivity index (χ0) is 21.8. The van der Waals surface area contributed by atoms with E-state index in [1.807, 2.05) is 0 Å². The number of carbonyl (C=O) groups excluding carboxylic acids is 1. The quantitative estimate of drug-likeness (QED) is 0.526. The second kappa shape index (κ2) is 9.25. The molecule has 4 unspecified atom stereocenters. The van der Waals surface area contributed by atoms with Gasteiger partial charge in [0.05, 0.1) is 6.04 Å². The second-order valence-electron chi connectivity index (χ2n) is 8.33. The molecule has 2 aliphatic rings. The predicted octanol–water partition coefficient (Wildman–Crippen LogP) is 2.91. The normalized spacial score (nSPS) is 24.3. The van der Waals surface area contributed by atoms with Crippen molar-refractivity contribution in [3.63, 3.8) is 0 Å². The average Bonchev–Trinajstić information content (AvgIpc) is 3.21. The Kier molecular flexibility index (Phi) is 6.45. The number of aromatic nitrogens is 4. The van der Waals surface area contributed by atoms with E-state index < -0.39 is 24.0 Å². The van der Waals surface area contributed by atoms with Crippen LogP contribution in [-0.2, 0) is 17.1 Å². The first-order valence-electron chi connectivity index (χ1n) is 10.8. The Morgan fingerprint density at radius 3 is 2.74 bits per heavy atom. The molecule has 1 saturated carbocycles. The fourth-order valence-corrected chi connectivity index (χ4v) is 4.43. The highest BCUT2D eigenvalue weighted by Gasteiger charge is 2.58. The van der Waals surface area contributed by atoms with E-state index in [1.54, 1.807) is 11.0 Å². The van der Waals surface area contributed by atoms with Crippen molar-refractivity contribution in [2.45, 2.75) is 56.6 Å². The van der Waals surface area contributed by atoms with Gasteiger partial charge in [0.2, 0.25) is 0 Å². The fraction of sp³-hybridized carbons (Fsp3) is 0.619. The standard InChI is InChI=1S/C21H27F2N5O3/c22-21(23,14-8-4-3-5-9-14)19(29)16-12-15(16)17-13-31-20(30)28(17)11-7-2-1-6-10-18-24-26-27-25-18/h3-5,8-9,15-17,19,29H,1-2,6-7,10-13H2,(H,24,25,26,27). The SMILES string of the molecule is O=C1OCC(C2CC2C(O)C(F)(F)c2ccccc2)N1CCCCCCc1nn[nH]n1. The van der Waals surface area contributed by atoms with Crippen LogP contribution >= 0.6 is 0 Å². The Bertz CT molecular complexity index is 852. The van der Waals surface area contributed by atoms with E-state index in [2.05, 4.69) is 20.6 Å². The number of halogens is 2. The second-order valence-corrected chi connectivity index (χ2v) is 8.33.